The standard InChI is InChI=1S/C13H14N2O3/c1-9-5-3-4-6-10(9)11-7-12(14-15(11)2)18-8-13(16)17/h3-7H,8H2,1-2H3,(H,16,17). The Morgan fingerprint density at radius 2 is 2.17 bits per heavy atom. The molecule has 0 atom stereocenters. The second kappa shape index (κ2) is 4.91. The topological polar surface area (TPSA) is 64.3 Å². The average Bonchev–Trinajstić information content (AvgIpc) is 2.69. The summed E-state index contributed by atoms with van der Waals surface area (Å²) in [5, 5.41) is 12.7. The molecule has 0 bridgehead atoms. The predicted molar refractivity (Wildman–Crippen MR) is 66.5 cm³/mol. The van der Waals surface area contributed by atoms with Crippen LogP contribution in [0.4, 0.5) is 0 Å². The van der Waals surface area contributed by atoms with E-state index in [4.69, 9.17) is 9.84 Å². The normalized spacial score (nSPS) is 10.3. The molecule has 0 spiro atoms. The fourth-order valence-electron chi connectivity index (χ4n) is 1.76. The first-order valence-electron chi connectivity index (χ1n) is 5.52. The van der Waals surface area contributed by atoms with Crippen LogP contribution in [-0.2, 0) is 11.8 Å². The summed E-state index contributed by atoms with van der Waals surface area (Å²) in [6.07, 6.45) is 0. The summed E-state index contributed by atoms with van der Waals surface area (Å²) in [6.45, 7) is 1.63. The summed E-state index contributed by atoms with van der Waals surface area (Å²) >= 11 is 0. The molecule has 0 amide bonds. The number of ether oxygens (including phenoxy) is 1. The summed E-state index contributed by atoms with van der Waals surface area (Å²) in [4.78, 5) is 10.4. The molecule has 0 aliphatic heterocycles. The van der Waals surface area contributed by atoms with Gasteiger partial charge in [-0.05, 0) is 12.5 Å². The van der Waals surface area contributed by atoms with Crippen LogP contribution in [-0.4, -0.2) is 27.5 Å². The first-order valence-corrected chi connectivity index (χ1v) is 5.52. The summed E-state index contributed by atoms with van der Waals surface area (Å²) in [7, 11) is 1.80. The Kier molecular flexibility index (Phi) is 3.32. The number of hydrogen-bond acceptors (Lipinski definition) is 3. The number of aryl methyl sites for hydroxylation is 2. The van der Waals surface area contributed by atoms with Gasteiger partial charge in [-0.1, -0.05) is 24.3 Å². The van der Waals surface area contributed by atoms with Crippen LogP contribution in [0, 0.1) is 6.92 Å². The van der Waals surface area contributed by atoms with Gasteiger partial charge in [0.05, 0.1) is 5.69 Å². The molecule has 2 rings (SSSR count). The van der Waals surface area contributed by atoms with Gasteiger partial charge in [0.2, 0.25) is 5.88 Å². The van der Waals surface area contributed by atoms with E-state index in [2.05, 4.69) is 5.10 Å². The molecule has 0 aliphatic carbocycles. The van der Waals surface area contributed by atoms with Crippen LogP contribution in [0.25, 0.3) is 11.3 Å². The predicted octanol–water partition coefficient (Wildman–Crippen LogP) is 1.86. The maximum atomic E-state index is 10.4. The zero-order valence-electron chi connectivity index (χ0n) is 10.3. The molecule has 1 aromatic carbocycles. The van der Waals surface area contributed by atoms with E-state index in [0.29, 0.717) is 5.88 Å². The average molecular weight is 246 g/mol. The zero-order valence-corrected chi connectivity index (χ0v) is 10.3. The lowest BCUT2D eigenvalue weighted by Gasteiger charge is -2.04. The number of aliphatic carboxylic acids is 1. The number of aromatic nitrogens is 2. The van der Waals surface area contributed by atoms with E-state index in [0.717, 1.165) is 16.8 Å². The summed E-state index contributed by atoms with van der Waals surface area (Å²) in [6, 6.07) is 9.67. The lowest BCUT2D eigenvalue weighted by molar-refractivity contribution is -0.139. The Hall–Kier alpha value is -2.30. The minimum Gasteiger partial charge on any atom is -0.479 e. The number of carboxylic acid groups (broad SMARTS) is 1. The van der Waals surface area contributed by atoms with Crippen LogP contribution in [0.2, 0.25) is 0 Å². The van der Waals surface area contributed by atoms with Crippen molar-refractivity contribution in [1.29, 1.82) is 0 Å². The fraction of sp³-hybridized carbons (Fsp3) is 0.231. The van der Waals surface area contributed by atoms with Gasteiger partial charge in [0.15, 0.2) is 6.61 Å². The smallest absolute Gasteiger partial charge is 0.341 e. The van der Waals surface area contributed by atoms with Crippen molar-refractivity contribution < 1.29 is 14.6 Å². The van der Waals surface area contributed by atoms with E-state index < -0.39 is 5.97 Å². The van der Waals surface area contributed by atoms with Gasteiger partial charge in [-0.3, -0.25) is 4.68 Å². The fourth-order valence-corrected chi connectivity index (χ4v) is 1.76. The van der Waals surface area contributed by atoms with Crippen molar-refractivity contribution in [3.05, 3.63) is 35.9 Å². The van der Waals surface area contributed by atoms with Crippen molar-refractivity contribution in [2.75, 3.05) is 6.61 Å². The van der Waals surface area contributed by atoms with Gasteiger partial charge in [0, 0.05) is 18.7 Å². The maximum absolute atomic E-state index is 10.4. The van der Waals surface area contributed by atoms with Crippen LogP contribution in [0.15, 0.2) is 30.3 Å². The number of nitrogens with zero attached hydrogens (tertiary/aromatic N) is 2. The molecular weight excluding hydrogens is 232 g/mol. The van der Waals surface area contributed by atoms with Crippen LogP contribution in [0.1, 0.15) is 5.56 Å². The SMILES string of the molecule is Cc1ccccc1-c1cc(OCC(=O)O)nn1C. The van der Waals surface area contributed by atoms with E-state index >= 15 is 0 Å². The number of hydrogen-bond donors (Lipinski definition) is 1. The first kappa shape index (κ1) is 12.2. The van der Waals surface area contributed by atoms with Gasteiger partial charge >= 0.3 is 5.97 Å². The lowest BCUT2D eigenvalue weighted by atomic mass is 10.1. The highest BCUT2D eigenvalue weighted by Gasteiger charge is 2.10. The van der Waals surface area contributed by atoms with Crippen LogP contribution in [0.3, 0.4) is 0 Å². The zero-order chi connectivity index (χ0) is 13.1. The summed E-state index contributed by atoms with van der Waals surface area (Å²) < 4.78 is 6.74. The molecule has 18 heavy (non-hydrogen) atoms. The van der Waals surface area contributed by atoms with Crippen molar-refractivity contribution in [1.82, 2.24) is 9.78 Å². The molecule has 0 saturated carbocycles. The number of carboxylic acids is 1. The Morgan fingerprint density at radius 3 is 2.83 bits per heavy atom. The third kappa shape index (κ3) is 2.51. The maximum Gasteiger partial charge on any atom is 0.341 e. The van der Waals surface area contributed by atoms with E-state index in [9.17, 15) is 4.79 Å². The van der Waals surface area contributed by atoms with Crippen molar-refractivity contribution in [2.24, 2.45) is 7.05 Å². The molecule has 94 valence electrons. The quantitative estimate of drug-likeness (QED) is 0.894. The highest BCUT2D eigenvalue weighted by Crippen LogP contribution is 2.25. The van der Waals surface area contributed by atoms with Crippen LogP contribution in [0.5, 0.6) is 5.88 Å². The molecule has 0 unspecified atom stereocenters. The highest BCUT2D eigenvalue weighted by molar-refractivity contribution is 5.69. The lowest BCUT2D eigenvalue weighted by Crippen LogP contribution is -2.09. The van der Waals surface area contributed by atoms with Gasteiger partial charge in [-0.2, -0.15) is 0 Å². The van der Waals surface area contributed by atoms with E-state index in [1.54, 1.807) is 17.8 Å². The van der Waals surface area contributed by atoms with Gasteiger partial charge in [0.25, 0.3) is 0 Å². The van der Waals surface area contributed by atoms with E-state index in [-0.39, 0.29) is 6.61 Å². The number of benzene rings is 1. The highest BCUT2D eigenvalue weighted by atomic mass is 16.5. The minimum atomic E-state index is -1.02. The van der Waals surface area contributed by atoms with Crippen LogP contribution >= 0.6 is 0 Å². The van der Waals surface area contributed by atoms with E-state index in [1.165, 1.54) is 0 Å². The molecule has 0 radical (unpaired) electrons. The number of carbonyl (C=O) groups is 1. The number of rotatable bonds is 4. The van der Waals surface area contributed by atoms with Crippen molar-refractivity contribution >= 4 is 5.97 Å². The first-order chi connectivity index (χ1) is 8.58. The second-order valence-electron chi connectivity index (χ2n) is 3.99. The molecule has 0 saturated heterocycles. The second-order valence-corrected chi connectivity index (χ2v) is 3.99. The molecular formula is C13H14N2O3. The van der Waals surface area contributed by atoms with Gasteiger partial charge in [-0.25, -0.2) is 4.79 Å². The molecule has 0 aliphatic rings. The third-order valence-electron chi connectivity index (χ3n) is 2.62. The largest absolute Gasteiger partial charge is 0.479 e. The Balaban J connectivity index is 2.30. The van der Waals surface area contributed by atoms with Gasteiger partial charge < -0.3 is 9.84 Å². The Bertz CT molecular complexity index is 575. The molecule has 1 aromatic heterocycles. The van der Waals surface area contributed by atoms with Gasteiger partial charge in [-0.15, -0.1) is 5.10 Å². The molecule has 2 aromatic rings. The van der Waals surface area contributed by atoms with Crippen molar-refractivity contribution in [3.8, 4) is 17.1 Å². The monoisotopic (exact) mass is 246 g/mol. The third-order valence-corrected chi connectivity index (χ3v) is 2.62. The molecule has 1 N–H and O–H groups in total. The Labute approximate surface area is 105 Å². The van der Waals surface area contributed by atoms with Crippen molar-refractivity contribution in [2.45, 2.75) is 6.92 Å². The van der Waals surface area contributed by atoms with Gasteiger partial charge in [0.1, 0.15) is 0 Å². The molecule has 5 heteroatoms. The molecule has 0 fully saturated rings. The van der Waals surface area contributed by atoms with Crippen LogP contribution < -0.4 is 4.74 Å². The molecule has 5 nitrogen and oxygen atoms in total. The minimum absolute atomic E-state index is 0.318. The van der Waals surface area contributed by atoms with Crippen molar-refractivity contribution in [3.63, 3.8) is 0 Å². The summed E-state index contributed by atoms with van der Waals surface area (Å²) in [5.41, 5.74) is 3.08. The molecule has 1 heterocycles. The summed E-state index contributed by atoms with van der Waals surface area (Å²) in [5.74, 6) is -0.698. The Morgan fingerprint density at radius 1 is 1.44 bits per heavy atom. The van der Waals surface area contributed by atoms with E-state index in [1.807, 2.05) is 31.2 Å².